The van der Waals surface area contributed by atoms with Gasteiger partial charge in [-0.1, -0.05) is 17.7 Å². The van der Waals surface area contributed by atoms with Crippen LogP contribution < -0.4 is 5.32 Å². The first-order valence-electron chi connectivity index (χ1n) is 7.84. The van der Waals surface area contributed by atoms with Crippen molar-refractivity contribution in [2.24, 2.45) is 0 Å². The van der Waals surface area contributed by atoms with Crippen molar-refractivity contribution in [3.63, 3.8) is 0 Å². The van der Waals surface area contributed by atoms with E-state index in [-0.39, 0.29) is 22.2 Å². The van der Waals surface area contributed by atoms with E-state index in [1.807, 2.05) is 0 Å². The van der Waals surface area contributed by atoms with Crippen LogP contribution in [0, 0.1) is 0 Å². The van der Waals surface area contributed by atoms with Gasteiger partial charge in [0.1, 0.15) is 0 Å². The molecule has 1 amide bonds. The molecule has 0 spiro atoms. The zero-order chi connectivity index (χ0) is 19.6. The summed E-state index contributed by atoms with van der Waals surface area (Å²) in [5.41, 5.74) is 1.79. The molecule has 3 rings (SSSR count). The summed E-state index contributed by atoms with van der Waals surface area (Å²) >= 11 is 5.96. The van der Waals surface area contributed by atoms with E-state index in [0.717, 1.165) is 6.26 Å². The van der Waals surface area contributed by atoms with Gasteiger partial charge < -0.3 is 10.4 Å². The summed E-state index contributed by atoms with van der Waals surface area (Å²) in [6.45, 7) is -0.176. The Morgan fingerprint density at radius 1 is 1.22 bits per heavy atom. The lowest BCUT2D eigenvalue weighted by molar-refractivity contribution is 0.102. The highest BCUT2D eigenvalue weighted by Crippen LogP contribution is 2.23. The second kappa shape index (κ2) is 7.51. The van der Waals surface area contributed by atoms with Crippen molar-refractivity contribution in [1.82, 2.24) is 9.78 Å². The fraction of sp³-hybridized carbons (Fsp3) is 0.111. The van der Waals surface area contributed by atoms with E-state index in [9.17, 15) is 13.2 Å². The molecule has 1 aromatic heterocycles. The average Bonchev–Trinajstić information content (AvgIpc) is 3.10. The molecule has 9 heteroatoms. The molecular weight excluding hydrogens is 390 g/mol. The molecule has 2 aromatic carbocycles. The maximum absolute atomic E-state index is 12.6. The Hall–Kier alpha value is -2.68. The zero-order valence-electron chi connectivity index (χ0n) is 14.3. The fourth-order valence-electron chi connectivity index (χ4n) is 2.43. The summed E-state index contributed by atoms with van der Waals surface area (Å²) in [7, 11) is -3.46. The van der Waals surface area contributed by atoms with Crippen LogP contribution in [0.25, 0.3) is 5.69 Å². The molecule has 2 N–H and O–H groups in total. The number of nitrogens with zero attached hydrogens (tertiary/aromatic N) is 2. The second-order valence-corrected chi connectivity index (χ2v) is 8.31. The molecule has 0 bridgehead atoms. The number of anilines is 1. The van der Waals surface area contributed by atoms with Gasteiger partial charge in [-0.15, -0.1) is 0 Å². The molecule has 27 heavy (non-hydrogen) atoms. The predicted molar refractivity (Wildman–Crippen MR) is 102 cm³/mol. The molecule has 140 valence electrons. The van der Waals surface area contributed by atoms with Crippen molar-refractivity contribution in [3.05, 3.63) is 71.0 Å². The van der Waals surface area contributed by atoms with Gasteiger partial charge in [0.05, 0.1) is 22.9 Å². The van der Waals surface area contributed by atoms with Crippen LogP contribution in [0.3, 0.4) is 0 Å². The number of aliphatic hydroxyl groups excluding tert-OH is 1. The maximum Gasteiger partial charge on any atom is 0.255 e. The van der Waals surface area contributed by atoms with E-state index in [1.54, 1.807) is 41.2 Å². The van der Waals surface area contributed by atoms with Crippen LogP contribution in [-0.4, -0.2) is 35.5 Å². The van der Waals surface area contributed by atoms with Crippen LogP contribution >= 0.6 is 11.6 Å². The molecular formula is C18H16ClN3O4S. The number of halogens is 1. The third-order valence-corrected chi connectivity index (χ3v) is 5.05. The number of aromatic nitrogens is 2. The normalized spacial score (nSPS) is 11.4. The maximum atomic E-state index is 12.6. The van der Waals surface area contributed by atoms with Gasteiger partial charge in [0.15, 0.2) is 9.84 Å². The van der Waals surface area contributed by atoms with E-state index in [1.165, 1.54) is 18.2 Å². The first-order chi connectivity index (χ1) is 12.8. The van der Waals surface area contributed by atoms with Gasteiger partial charge in [0, 0.05) is 28.7 Å². The Kier molecular flexibility index (Phi) is 5.31. The van der Waals surface area contributed by atoms with E-state index in [2.05, 4.69) is 10.4 Å². The SMILES string of the molecule is CS(=O)(=O)c1cc(Cl)cc(NC(=O)c2cccc(-n3ccc(CO)n3)c2)c1. The highest BCUT2D eigenvalue weighted by atomic mass is 35.5. The highest BCUT2D eigenvalue weighted by Gasteiger charge is 2.13. The molecule has 0 saturated heterocycles. The van der Waals surface area contributed by atoms with Crippen molar-refractivity contribution in [3.8, 4) is 5.69 Å². The number of amides is 1. The second-order valence-electron chi connectivity index (χ2n) is 5.86. The quantitative estimate of drug-likeness (QED) is 0.679. The van der Waals surface area contributed by atoms with Gasteiger partial charge >= 0.3 is 0 Å². The molecule has 3 aromatic rings. The molecule has 0 aliphatic heterocycles. The summed E-state index contributed by atoms with van der Waals surface area (Å²) in [5, 5.41) is 16.2. The minimum Gasteiger partial charge on any atom is -0.390 e. The molecule has 0 fully saturated rings. The van der Waals surface area contributed by atoms with Gasteiger partial charge in [0.2, 0.25) is 0 Å². The Balaban J connectivity index is 1.87. The number of rotatable bonds is 5. The largest absolute Gasteiger partial charge is 0.390 e. The summed E-state index contributed by atoms with van der Waals surface area (Å²) in [4.78, 5) is 12.6. The molecule has 0 aliphatic carbocycles. The Morgan fingerprint density at radius 2 is 2.00 bits per heavy atom. The van der Waals surface area contributed by atoms with Crippen molar-refractivity contribution >= 4 is 33.0 Å². The summed E-state index contributed by atoms with van der Waals surface area (Å²) in [6, 6.07) is 12.5. The van der Waals surface area contributed by atoms with Crippen LogP contribution in [0.15, 0.2) is 59.6 Å². The predicted octanol–water partition coefficient (Wildman–Crippen LogP) is 2.67. The molecule has 0 atom stereocenters. The van der Waals surface area contributed by atoms with Crippen molar-refractivity contribution in [2.75, 3.05) is 11.6 Å². The van der Waals surface area contributed by atoms with Crippen LogP contribution in [0.1, 0.15) is 16.1 Å². The number of carbonyl (C=O) groups excluding carboxylic acids is 1. The minimum atomic E-state index is -3.46. The van der Waals surface area contributed by atoms with Gasteiger partial charge in [-0.2, -0.15) is 5.10 Å². The molecule has 0 saturated carbocycles. The smallest absolute Gasteiger partial charge is 0.255 e. The number of sulfone groups is 1. The lowest BCUT2D eigenvalue weighted by Crippen LogP contribution is -2.13. The number of benzene rings is 2. The number of carbonyl (C=O) groups is 1. The fourth-order valence-corrected chi connectivity index (χ4v) is 3.41. The molecule has 1 heterocycles. The van der Waals surface area contributed by atoms with Crippen molar-refractivity contribution < 1.29 is 18.3 Å². The van der Waals surface area contributed by atoms with Gasteiger partial charge in [-0.05, 0) is 42.5 Å². The first kappa shape index (κ1) is 19.1. The summed E-state index contributed by atoms with van der Waals surface area (Å²) in [5.74, 6) is -0.423. The monoisotopic (exact) mass is 405 g/mol. The Morgan fingerprint density at radius 3 is 2.67 bits per heavy atom. The molecule has 0 radical (unpaired) electrons. The summed E-state index contributed by atoms with van der Waals surface area (Å²) in [6.07, 6.45) is 2.75. The van der Waals surface area contributed by atoms with E-state index >= 15 is 0 Å². The number of hydrogen-bond donors (Lipinski definition) is 2. The van der Waals surface area contributed by atoms with E-state index in [4.69, 9.17) is 16.7 Å². The van der Waals surface area contributed by atoms with Crippen LogP contribution in [0.5, 0.6) is 0 Å². The van der Waals surface area contributed by atoms with Crippen LogP contribution in [-0.2, 0) is 16.4 Å². The average molecular weight is 406 g/mol. The van der Waals surface area contributed by atoms with Crippen LogP contribution in [0.2, 0.25) is 5.02 Å². The van der Waals surface area contributed by atoms with Gasteiger partial charge in [-0.3, -0.25) is 4.79 Å². The Bertz CT molecular complexity index is 1110. The topological polar surface area (TPSA) is 101 Å². The van der Waals surface area contributed by atoms with Crippen molar-refractivity contribution in [2.45, 2.75) is 11.5 Å². The molecule has 7 nitrogen and oxygen atoms in total. The Labute approximate surface area is 161 Å². The number of nitrogens with one attached hydrogen (secondary N) is 1. The lowest BCUT2D eigenvalue weighted by atomic mass is 10.2. The van der Waals surface area contributed by atoms with Gasteiger partial charge in [-0.25, -0.2) is 13.1 Å². The van der Waals surface area contributed by atoms with Gasteiger partial charge in [0.25, 0.3) is 5.91 Å². The standard InChI is InChI=1S/C18H16ClN3O4S/c1-27(25,26)17-9-13(19)8-15(10-17)20-18(24)12-3-2-4-16(7-12)22-6-5-14(11-23)21-22/h2-10,23H,11H2,1H3,(H,20,24). The summed E-state index contributed by atoms with van der Waals surface area (Å²) < 4.78 is 25.0. The van der Waals surface area contributed by atoms with E-state index in [0.29, 0.717) is 16.9 Å². The minimum absolute atomic E-state index is 0.0205. The van der Waals surface area contributed by atoms with Crippen LogP contribution in [0.4, 0.5) is 5.69 Å². The number of aliphatic hydroxyl groups is 1. The first-order valence-corrected chi connectivity index (χ1v) is 10.1. The lowest BCUT2D eigenvalue weighted by Gasteiger charge is -2.09. The molecule has 0 aliphatic rings. The molecule has 0 unspecified atom stereocenters. The zero-order valence-corrected chi connectivity index (χ0v) is 15.8. The van der Waals surface area contributed by atoms with E-state index < -0.39 is 15.7 Å². The third kappa shape index (κ3) is 4.54. The number of hydrogen-bond acceptors (Lipinski definition) is 5. The van der Waals surface area contributed by atoms with Crippen molar-refractivity contribution in [1.29, 1.82) is 0 Å². The third-order valence-electron chi connectivity index (χ3n) is 3.74. The highest BCUT2D eigenvalue weighted by molar-refractivity contribution is 7.90.